The Bertz CT molecular complexity index is 408. The molecule has 0 aromatic heterocycles. The van der Waals surface area contributed by atoms with Crippen molar-refractivity contribution in [3.05, 3.63) is 29.8 Å². The summed E-state index contributed by atoms with van der Waals surface area (Å²) in [6, 6.07) is 7.48. The first-order chi connectivity index (χ1) is 8.56. The predicted octanol–water partition coefficient (Wildman–Crippen LogP) is 4.09. The van der Waals surface area contributed by atoms with E-state index in [0.29, 0.717) is 6.10 Å². The van der Waals surface area contributed by atoms with Crippen molar-refractivity contribution in [1.29, 1.82) is 0 Å². The van der Waals surface area contributed by atoms with Crippen LogP contribution in [-0.4, -0.2) is 11.9 Å². The van der Waals surface area contributed by atoms with Crippen molar-refractivity contribution in [3.8, 4) is 5.75 Å². The van der Waals surface area contributed by atoms with E-state index < -0.39 is 0 Å². The summed E-state index contributed by atoms with van der Waals surface area (Å²) in [6.07, 6.45) is 3.85. The van der Waals surface area contributed by atoms with Gasteiger partial charge in [-0.15, -0.1) is 0 Å². The Balaban J connectivity index is 1.95. The molecule has 1 aromatic carbocycles. The van der Waals surface area contributed by atoms with Gasteiger partial charge in [-0.25, -0.2) is 0 Å². The molecule has 0 amide bonds. The lowest BCUT2D eigenvalue weighted by atomic mass is 9.80. The van der Waals surface area contributed by atoms with Crippen molar-refractivity contribution in [1.82, 2.24) is 0 Å². The van der Waals surface area contributed by atoms with Crippen LogP contribution in [0.3, 0.4) is 0 Å². The van der Waals surface area contributed by atoms with Gasteiger partial charge in [-0.3, -0.25) is 4.79 Å². The monoisotopic (exact) mass is 246 g/mol. The van der Waals surface area contributed by atoms with Crippen molar-refractivity contribution in [3.63, 3.8) is 0 Å². The number of ketones is 1. The van der Waals surface area contributed by atoms with Crippen LogP contribution in [0, 0.1) is 11.8 Å². The summed E-state index contributed by atoms with van der Waals surface area (Å²) in [7, 11) is 0. The Kier molecular flexibility index (Phi) is 4.05. The Morgan fingerprint density at radius 3 is 2.33 bits per heavy atom. The first kappa shape index (κ1) is 13.1. The number of rotatable bonds is 3. The van der Waals surface area contributed by atoms with Crippen LogP contribution in [0.2, 0.25) is 0 Å². The molecule has 0 saturated heterocycles. The minimum absolute atomic E-state index is 0.0988. The maximum Gasteiger partial charge on any atom is 0.159 e. The lowest BCUT2D eigenvalue weighted by Gasteiger charge is -2.32. The Labute approximate surface area is 109 Å². The van der Waals surface area contributed by atoms with E-state index in [1.54, 1.807) is 6.92 Å². The van der Waals surface area contributed by atoms with E-state index in [9.17, 15) is 4.79 Å². The average Bonchev–Trinajstić information content (AvgIpc) is 2.34. The molecule has 3 atom stereocenters. The summed E-state index contributed by atoms with van der Waals surface area (Å²) < 4.78 is 6.00. The molecule has 0 N–H and O–H groups in total. The highest BCUT2D eigenvalue weighted by Gasteiger charge is 2.25. The zero-order valence-corrected chi connectivity index (χ0v) is 11.5. The van der Waals surface area contributed by atoms with E-state index in [1.165, 1.54) is 6.42 Å². The molecule has 0 heterocycles. The maximum absolute atomic E-state index is 11.2. The summed E-state index contributed by atoms with van der Waals surface area (Å²) in [6.45, 7) is 6.21. The van der Waals surface area contributed by atoms with E-state index in [0.717, 1.165) is 36.0 Å². The van der Waals surface area contributed by atoms with Crippen molar-refractivity contribution < 1.29 is 9.53 Å². The molecule has 1 fully saturated rings. The van der Waals surface area contributed by atoms with Gasteiger partial charge in [0.2, 0.25) is 0 Å². The van der Waals surface area contributed by atoms with E-state index >= 15 is 0 Å². The second-order valence-corrected chi connectivity index (χ2v) is 5.59. The number of hydrogen-bond donors (Lipinski definition) is 0. The third-order valence-corrected chi connectivity index (χ3v) is 4.11. The van der Waals surface area contributed by atoms with Crippen LogP contribution in [0.1, 0.15) is 50.4 Å². The van der Waals surface area contributed by atoms with Crippen molar-refractivity contribution in [2.24, 2.45) is 11.8 Å². The molecule has 18 heavy (non-hydrogen) atoms. The lowest BCUT2D eigenvalue weighted by Crippen LogP contribution is -2.28. The first-order valence-electron chi connectivity index (χ1n) is 6.84. The van der Waals surface area contributed by atoms with E-state index in [2.05, 4.69) is 13.8 Å². The van der Waals surface area contributed by atoms with Crippen molar-refractivity contribution in [2.45, 2.75) is 46.1 Å². The fourth-order valence-corrected chi connectivity index (χ4v) is 2.57. The molecule has 2 heteroatoms. The van der Waals surface area contributed by atoms with Gasteiger partial charge >= 0.3 is 0 Å². The van der Waals surface area contributed by atoms with E-state index in [-0.39, 0.29) is 5.78 Å². The topological polar surface area (TPSA) is 26.3 Å². The fourth-order valence-electron chi connectivity index (χ4n) is 2.57. The molecular weight excluding hydrogens is 224 g/mol. The third-order valence-electron chi connectivity index (χ3n) is 4.11. The molecule has 98 valence electrons. The number of Topliss-reactive ketones (excluding diaryl/α,β-unsaturated/α-hetero) is 1. The van der Waals surface area contributed by atoms with Gasteiger partial charge in [0, 0.05) is 5.56 Å². The molecule has 0 spiro atoms. The summed E-state index contributed by atoms with van der Waals surface area (Å²) in [5, 5.41) is 0. The molecule has 1 aliphatic rings. The molecular formula is C16H22O2. The zero-order valence-electron chi connectivity index (χ0n) is 11.5. The van der Waals surface area contributed by atoms with E-state index in [4.69, 9.17) is 4.74 Å². The van der Waals surface area contributed by atoms with Gasteiger partial charge in [0.25, 0.3) is 0 Å². The molecule has 2 nitrogen and oxygen atoms in total. The molecule has 1 aliphatic carbocycles. The number of hydrogen-bond acceptors (Lipinski definition) is 2. The summed E-state index contributed by atoms with van der Waals surface area (Å²) >= 11 is 0. The van der Waals surface area contributed by atoms with Crippen molar-refractivity contribution in [2.75, 3.05) is 0 Å². The van der Waals surface area contributed by atoms with Crippen LogP contribution in [0.15, 0.2) is 24.3 Å². The maximum atomic E-state index is 11.2. The molecule has 3 unspecified atom stereocenters. The summed E-state index contributed by atoms with van der Waals surface area (Å²) in [5.41, 5.74) is 0.744. The zero-order chi connectivity index (χ0) is 13.1. The van der Waals surface area contributed by atoms with Gasteiger partial charge in [0.05, 0.1) is 6.10 Å². The normalized spacial score (nSPS) is 27.8. The molecule has 1 aromatic rings. The largest absolute Gasteiger partial charge is 0.490 e. The predicted molar refractivity (Wildman–Crippen MR) is 73.0 cm³/mol. The molecule has 2 rings (SSSR count). The van der Waals surface area contributed by atoms with Gasteiger partial charge in [0.15, 0.2) is 5.78 Å². The number of benzene rings is 1. The number of carbonyl (C=O) groups is 1. The minimum Gasteiger partial charge on any atom is -0.490 e. The Hall–Kier alpha value is -1.31. The minimum atomic E-state index is 0.0988. The lowest BCUT2D eigenvalue weighted by molar-refractivity contribution is 0.100. The van der Waals surface area contributed by atoms with Crippen molar-refractivity contribution >= 4 is 5.78 Å². The van der Waals surface area contributed by atoms with E-state index in [1.807, 2.05) is 24.3 Å². The van der Waals surface area contributed by atoms with Gasteiger partial charge in [-0.05, 0) is 62.3 Å². The van der Waals surface area contributed by atoms with Crippen LogP contribution < -0.4 is 4.74 Å². The highest BCUT2D eigenvalue weighted by molar-refractivity contribution is 5.94. The highest BCUT2D eigenvalue weighted by atomic mass is 16.5. The smallest absolute Gasteiger partial charge is 0.159 e. The molecule has 0 radical (unpaired) electrons. The number of ether oxygens (including phenoxy) is 1. The van der Waals surface area contributed by atoms with Crippen LogP contribution >= 0.6 is 0 Å². The second-order valence-electron chi connectivity index (χ2n) is 5.59. The standard InChI is InChI=1S/C16H22O2/c1-11-4-7-16(10-12(11)2)18-15-8-5-14(6-9-15)13(3)17/h5-6,8-9,11-12,16H,4,7,10H2,1-3H3. The summed E-state index contributed by atoms with van der Waals surface area (Å²) in [5.74, 6) is 2.53. The quantitative estimate of drug-likeness (QED) is 0.751. The van der Waals surface area contributed by atoms with Gasteiger partial charge in [0.1, 0.15) is 5.75 Å². The molecule has 1 saturated carbocycles. The third kappa shape index (κ3) is 3.12. The second kappa shape index (κ2) is 5.55. The first-order valence-corrected chi connectivity index (χ1v) is 6.84. The van der Waals surface area contributed by atoms with Gasteiger partial charge in [-0.1, -0.05) is 13.8 Å². The van der Waals surface area contributed by atoms with Crippen LogP contribution in [0.4, 0.5) is 0 Å². The van der Waals surface area contributed by atoms with Crippen LogP contribution in [-0.2, 0) is 0 Å². The molecule has 0 bridgehead atoms. The van der Waals surface area contributed by atoms with Crippen LogP contribution in [0.25, 0.3) is 0 Å². The van der Waals surface area contributed by atoms with Gasteiger partial charge in [-0.2, -0.15) is 0 Å². The van der Waals surface area contributed by atoms with Crippen LogP contribution in [0.5, 0.6) is 5.75 Å². The number of carbonyl (C=O) groups excluding carboxylic acids is 1. The highest BCUT2D eigenvalue weighted by Crippen LogP contribution is 2.31. The summed E-state index contributed by atoms with van der Waals surface area (Å²) in [4.78, 5) is 11.2. The SMILES string of the molecule is CC(=O)c1ccc(OC2CCC(C)C(C)C2)cc1. The Morgan fingerprint density at radius 1 is 1.11 bits per heavy atom. The molecule has 0 aliphatic heterocycles. The van der Waals surface area contributed by atoms with Gasteiger partial charge < -0.3 is 4.74 Å². The Morgan fingerprint density at radius 2 is 1.78 bits per heavy atom. The average molecular weight is 246 g/mol. The fraction of sp³-hybridized carbons (Fsp3) is 0.562.